The molecule has 3 rings (SSSR count). The van der Waals surface area contributed by atoms with Gasteiger partial charge in [0.05, 0.1) is 18.3 Å². The van der Waals surface area contributed by atoms with Crippen LogP contribution >= 0.6 is 0 Å². The van der Waals surface area contributed by atoms with Gasteiger partial charge >= 0.3 is 17.9 Å². The van der Waals surface area contributed by atoms with E-state index >= 15 is 0 Å². The van der Waals surface area contributed by atoms with Crippen LogP contribution in [0.2, 0.25) is 0 Å². The summed E-state index contributed by atoms with van der Waals surface area (Å²) in [4.78, 5) is 62.7. The molecule has 11 heteroatoms. The molecule has 2 heterocycles. The number of hydrogen-bond donors (Lipinski definition) is 0. The molecule has 228 valence electrons. The lowest BCUT2D eigenvalue weighted by Gasteiger charge is -2.37. The molecule has 0 N–H and O–H groups in total. The van der Waals surface area contributed by atoms with Crippen LogP contribution < -0.4 is 0 Å². The Morgan fingerprint density at radius 2 is 1.76 bits per heavy atom. The van der Waals surface area contributed by atoms with Crippen molar-refractivity contribution in [3.8, 4) is 0 Å². The summed E-state index contributed by atoms with van der Waals surface area (Å²) in [5, 5.41) is 0. The highest BCUT2D eigenvalue weighted by atomic mass is 16.6. The first-order valence-electron chi connectivity index (χ1n) is 13.6. The molecule has 0 radical (unpaired) electrons. The largest absolute Gasteiger partial charge is 0.462 e. The van der Waals surface area contributed by atoms with E-state index in [1.165, 1.54) is 26.8 Å². The van der Waals surface area contributed by atoms with Gasteiger partial charge in [-0.25, -0.2) is 0 Å². The summed E-state index contributed by atoms with van der Waals surface area (Å²) in [7, 11) is 0. The number of benzene rings is 1. The van der Waals surface area contributed by atoms with Crippen molar-refractivity contribution in [2.75, 3.05) is 6.61 Å². The van der Waals surface area contributed by atoms with Crippen molar-refractivity contribution >= 4 is 29.5 Å². The molecular formula is C31H38O11. The van der Waals surface area contributed by atoms with E-state index in [1.54, 1.807) is 19.1 Å². The summed E-state index contributed by atoms with van der Waals surface area (Å²) in [6.45, 7) is 10.3. The first kappa shape index (κ1) is 32.8. The Morgan fingerprint density at radius 3 is 2.36 bits per heavy atom. The fraction of sp³-hybridized carbons (Fsp3) is 0.516. The molecule has 1 aromatic carbocycles. The van der Waals surface area contributed by atoms with Gasteiger partial charge in [0.25, 0.3) is 0 Å². The van der Waals surface area contributed by atoms with E-state index in [0.29, 0.717) is 6.42 Å². The molecule has 0 aromatic heterocycles. The summed E-state index contributed by atoms with van der Waals surface area (Å²) in [6.07, 6.45) is -1.75. The number of esters is 3. The third-order valence-electron chi connectivity index (χ3n) is 6.82. The monoisotopic (exact) mass is 586 g/mol. The molecule has 2 aliphatic rings. The summed E-state index contributed by atoms with van der Waals surface area (Å²) in [6, 6.07) is 9.11. The summed E-state index contributed by atoms with van der Waals surface area (Å²) in [5.41, 5.74) is -1.56. The van der Waals surface area contributed by atoms with Gasteiger partial charge in [0.2, 0.25) is 0 Å². The van der Waals surface area contributed by atoms with Crippen LogP contribution in [0.25, 0.3) is 0 Å². The van der Waals surface area contributed by atoms with Gasteiger partial charge in [-0.2, -0.15) is 0 Å². The summed E-state index contributed by atoms with van der Waals surface area (Å²) < 4.78 is 34.5. The van der Waals surface area contributed by atoms with E-state index in [2.05, 4.69) is 6.58 Å². The number of carbonyl (C=O) groups excluding carboxylic acids is 5. The highest BCUT2D eigenvalue weighted by Crippen LogP contribution is 2.35. The van der Waals surface area contributed by atoms with Crippen LogP contribution in [-0.4, -0.2) is 77.8 Å². The first-order chi connectivity index (χ1) is 19.8. The average molecular weight is 587 g/mol. The molecule has 2 aliphatic heterocycles. The Bertz CT molecular complexity index is 1210. The highest BCUT2D eigenvalue weighted by molar-refractivity contribution is 5.97. The van der Waals surface area contributed by atoms with Gasteiger partial charge in [-0.1, -0.05) is 36.4 Å². The molecule has 1 aromatic rings. The van der Waals surface area contributed by atoms with Crippen molar-refractivity contribution in [2.45, 2.75) is 95.8 Å². The number of ketones is 2. The Balaban J connectivity index is 1.97. The molecule has 42 heavy (non-hydrogen) atoms. The van der Waals surface area contributed by atoms with Crippen LogP contribution in [-0.2, 0) is 59.0 Å². The van der Waals surface area contributed by atoms with Crippen LogP contribution in [0.15, 0.2) is 55.1 Å². The number of hydrogen-bond acceptors (Lipinski definition) is 11. The minimum absolute atomic E-state index is 0.0370. The quantitative estimate of drug-likeness (QED) is 0.191. The van der Waals surface area contributed by atoms with Crippen molar-refractivity contribution in [3.63, 3.8) is 0 Å². The molecule has 0 aliphatic carbocycles. The molecule has 1 fully saturated rings. The zero-order chi connectivity index (χ0) is 31.1. The lowest BCUT2D eigenvalue weighted by atomic mass is 9.91. The predicted molar refractivity (Wildman–Crippen MR) is 148 cm³/mol. The topological polar surface area (TPSA) is 141 Å². The van der Waals surface area contributed by atoms with Gasteiger partial charge in [-0.15, -0.1) is 6.58 Å². The molecule has 0 bridgehead atoms. The van der Waals surface area contributed by atoms with Gasteiger partial charge in [0.1, 0.15) is 18.3 Å². The van der Waals surface area contributed by atoms with Crippen molar-refractivity contribution < 1.29 is 52.4 Å². The van der Waals surface area contributed by atoms with Crippen LogP contribution in [0.3, 0.4) is 0 Å². The molecule has 11 nitrogen and oxygen atoms in total. The third-order valence-corrected chi connectivity index (χ3v) is 6.82. The molecule has 0 amide bonds. The average Bonchev–Trinajstić information content (AvgIpc) is 3.20. The fourth-order valence-electron chi connectivity index (χ4n) is 5.02. The number of ether oxygens (including phenoxy) is 6. The van der Waals surface area contributed by atoms with Crippen LogP contribution in [0, 0.1) is 0 Å². The second kappa shape index (κ2) is 14.0. The normalized spacial score (nSPS) is 27.5. The third kappa shape index (κ3) is 8.67. The van der Waals surface area contributed by atoms with E-state index in [1.807, 2.05) is 30.3 Å². The number of Topliss-reactive ketones (excluding diaryl/α,β-unsaturated/α-hetero) is 1. The van der Waals surface area contributed by atoms with E-state index < -0.39 is 71.2 Å². The minimum Gasteiger partial charge on any atom is -0.462 e. The van der Waals surface area contributed by atoms with Crippen LogP contribution in [0.1, 0.15) is 53.0 Å². The van der Waals surface area contributed by atoms with Crippen molar-refractivity contribution in [2.24, 2.45) is 0 Å². The molecule has 5 unspecified atom stereocenters. The van der Waals surface area contributed by atoms with Crippen LogP contribution in [0.4, 0.5) is 0 Å². The maximum atomic E-state index is 13.9. The van der Waals surface area contributed by atoms with Crippen LogP contribution in [0.5, 0.6) is 0 Å². The van der Waals surface area contributed by atoms with Gasteiger partial charge in [-0.3, -0.25) is 24.0 Å². The van der Waals surface area contributed by atoms with Gasteiger partial charge in [0, 0.05) is 27.2 Å². The maximum Gasteiger partial charge on any atom is 0.303 e. The molecule has 1 saturated heterocycles. The Labute approximate surface area is 245 Å². The lowest BCUT2D eigenvalue weighted by molar-refractivity contribution is -0.190. The second-order valence-electron chi connectivity index (χ2n) is 10.9. The maximum absolute atomic E-state index is 13.9. The van der Waals surface area contributed by atoms with E-state index in [-0.39, 0.29) is 19.6 Å². The van der Waals surface area contributed by atoms with Crippen molar-refractivity contribution in [1.82, 2.24) is 0 Å². The molecule has 0 spiro atoms. The molecular weight excluding hydrogens is 548 g/mol. The standard InChI is InChI=1S/C31H38O11/c1-7-14-30(5)15-13-23(35)26(42-30)29(39-20(3)33)28-25(36)27(37-17-22-11-9-8-10-12-22)24(40-28)16-31(6,41-21(4)34)18-38-19(2)32/h7-13,15,24,26-29H,1,14,16-18H2,2-6H3/t24?,26?,27?,28?,29-,30-,31?/m1/s1. The highest BCUT2D eigenvalue weighted by Gasteiger charge is 2.55. The van der Waals surface area contributed by atoms with Gasteiger partial charge in [0.15, 0.2) is 29.9 Å². The zero-order valence-corrected chi connectivity index (χ0v) is 24.5. The Hall–Kier alpha value is -3.67. The smallest absolute Gasteiger partial charge is 0.303 e. The molecule has 0 saturated carbocycles. The van der Waals surface area contributed by atoms with E-state index in [9.17, 15) is 24.0 Å². The lowest BCUT2D eigenvalue weighted by Crippen LogP contribution is -2.53. The second-order valence-corrected chi connectivity index (χ2v) is 10.9. The van der Waals surface area contributed by atoms with Crippen molar-refractivity contribution in [3.05, 3.63) is 60.7 Å². The van der Waals surface area contributed by atoms with Gasteiger partial charge < -0.3 is 28.4 Å². The van der Waals surface area contributed by atoms with E-state index in [4.69, 9.17) is 28.4 Å². The van der Waals surface area contributed by atoms with Crippen molar-refractivity contribution in [1.29, 1.82) is 0 Å². The summed E-state index contributed by atoms with van der Waals surface area (Å²) >= 11 is 0. The zero-order valence-electron chi connectivity index (χ0n) is 24.5. The number of rotatable bonds is 13. The van der Waals surface area contributed by atoms with Gasteiger partial charge in [-0.05, 0) is 38.0 Å². The van der Waals surface area contributed by atoms with E-state index in [0.717, 1.165) is 12.5 Å². The first-order valence-corrected chi connectivity index (χ1v) is 13.6. The fourth-order valence-corrected chi connectivity index (χ4v) is 5.02. The molecule has 7 atom stereocenters. The predicted octanol–water partition coefficient (Wildman–Crippen LogP) is 2.97. The SMILES string of the molecule is C=CC[C@]1(C)C=CC(=O)C([C@@H](OC(C)=O)C2OC(CC(C)(COC(C)=O)OC(C)=O)C(OCc3ccccc3)C2=O)O1. The minimum atomic E-state index is -1.46. The number of carbonyl (C=O) groups is 5. The Morgan fingerprint density at radius 1 is 1.07 bits per heavy atom. The summed E-state index contributed by atoms with van der Waals surface area (Å²) in [5.74, 6) is -3.08. The Kier molecular flexibility index (Phi) is 10.9.